The summed E-state index contributed by atoms with van der Waals surface area (Å²) in [4.78, 5) is 14.8. The Kier molecular flexibility index (Phi) is 4.66. The molecule has 0 spiro atoms. The molecule has 2 aliphatic rings. The summed E-state index contributed by atoms with van der Waals surface area (Å²) in [6.45, 7) is 4.00. The van der Waals surface area contributed by atoms with E-state index < -0.39 is 0 Å². The third kappa shape index (κ3) is 2.98. The Hall–Kier alpha value is -1.17. The van der Waals surface area contributed by atoms with Crippen molar-refractivity contribution >= 4 is 29.3 Å². The first-order valence-corrected chi connectivity index (χ1v) is 8.75. The van der Waals surface area contributed by atoms with Gasteiger partial charge in [0.1, 0.15) is 5.37 Å². The number of halogens is 1. The van der Waals surface area contributed by atoms with E-state index in [1.807, 2.05) is 31.2 Å². The summed E-state index contributed by atoms with van der Waals surface area (Å²) in [5.41, 5.74) is 7.70. The summed E-state index contributed by atoms with van der Waals surface area (Å²) in [5, 5.41) is 4.25. The standard InChI is InChI=1S/C16H20ClN3OS/c1-10-14(15(18)21)22-16(11-4-6-12(17)7-5-11)20(10)13-3-2-8-19-9-13/h4-7,13,16,19H,2-3,8-9H2,1H3,(H2,18,21)/t13?,16-/m0/s1. The Morgan fingerprint density at radius 1 is 1.41 bits per heavy atom. The lowest BCUT2D eigenvalue weighted by atomic mass is 10.0. The van der Waals surface area contributed by atoms with Crippen LogP contribution in [0.15, 0.2) is 34.9 Å². The number of benzene rings is 1. The molecule has 1 unspecified atom stereocenters. The van der Waals surface area contributed by atoms with Gasteiger partial charge in [-0.3, -0.25) is 4.79 Å². The molecule has 2 heterocycles. The largest absolute Gasteiger partial charge is 0.365 e. The van der Waals surface area contributed by atoms with Gasteiger partial charge in [-0.1, -0.05) is 35.5 Å². The van der Waals surface area contributed by atoms with Crippen LogP contribution in [-0.4, -0.2) is 29.9 Å². The fraction of sp³-hybridized carbons (Fsp3) is 0.438. The normalized spacial score (nSPS) is 25.6. The highest BCUT2D eigenvalue weighted by molar-refractivity contribution is 8.04. The fourth-order valence-corrected chi connectivity index (χ4v) is 4.65. The number of nitrogens with one attached hydrogen (secondary N) is 1. The lowest BCUT2D eigenvalue weighted by Gasteiger charge is -2.38. The van der Waals surface area contributed by atoms with E-state index in [1.54, 1.807) is 11.8 Å². The Morgan fingerprint density at radius 3 is 2.73 bits per heavy atom. The van der Waals surface area contributed by atoms with Crippen molar-refractivity contribution in [2.24, 2.45) is 5.73 Å². The molecular weight excluding hydrogens is 318 g/mol. The van der Waals surface area contributed by atoms with E-state index >= 15 is 0 Å². The average molecular weight is 338 g/mol. The SMILES string of the molecule is CC1=C(C(N)=O)S[C@@H](c2ccc(Cl)cc2)N1C1CCCNC1. The van der Waals surface area contributed by atoms with E-state index in [1.165, 1.54) is 0 Å². The van der Waals surface area contributed by atoms with Gasteiger partial charge < -0.3 is 16.0 Å². The topological polar surface area (TPSA) is 58.4 Å². The van der Waals surface area contributed by atoms with Gasteiger partial charge >= 0.3 is 0 Å². The monoisotopic (exact) mass is 337 g/mol. The van der Waals surface area contributed by atoms with Crippen LogP contribution in [0.1, 0.15) is 30.7 Å². The summed E-state index contributed by atoms with van der Waals surface area (Å²) in [7, 11) is 0. The zero-order chi connectivity index (χ0) is 15.7. The Morgan fingerprint density at radius 2 is 2.14 bits per heavy atom. The van der Waals surface area contributed by atoms with Gasteiger partial charge in [0, 0.05) is 23.3 Å². The van der Waals surface area contributed by atoms with Crippen molar-refractivity contribution in [2.45, 2.75) is 31.2 Å². The van der Waals surface area contributed by atoms with Crippen molar-refractivity contribution < 1.29 is 4.79 Å². The molecule has 22 heavy (non-hydrogen) atoms. The lowest BCUT2D eigenvalue weighted by Crippen LogP contribution is -2.44. The molecule has 0 radical (unpaired) electrons. The molecule has 1 amide bonds. The van der Waals surface area contributed by atoms with Gasteiger partial charge in [0.05, 0.1) is 4.91 Å². The number of allylic oxidation sites excluding steroid dienone is 1. The Balaban J connectivity index is 1.94. The highest BCUT2D eigenvalue weighted by atomic mass is 35.5. The van der Waals surface area contributed by atoms with Crippen molar-refractivity contribution in [3.05, 3.63) is 45.5 Å². The smallest absolute Gasteiger partial charge is 0.256 e. The number of nitrogens with zero attached hydrogens (tertiary/aromatic N) is 1. The van der Waals surface area contributed by atoms with Gasteiger partial charge in [0.15, 0.2) is 0 Å². The average Bonchev–Trinajstić information content (AvgIpc) is 2.86. The van der Waals surface area contributed by atoms with Crippen molar-refractivity contribution in [2.75, 3.05) is 13.1 Å². The summed E-state index contributed by atoms with van der Waals surface area (Å²) < 4.78 is 0. The number of piperidine rings is 1. The molecule has 4 nitrogen and oxygen atoms in total. The van der Waals surface area contributed by atoms with Gasteiger partial charge in [0.25, 0.3) is 5.91 Å². The molecule has 0 aromatic heterocycles. The zero-order valence-corrected chi connectivity index (χ0v) is 14.1. The van der Waals surface area contributed by atoms with Crippen molar-refractivity contribution in [3.8, 4) is 0 Å². The Labute approximate surface area is 140 Å². The van der Waals surface area contributed by atoms with Crippen LogP contribution >= 0.6 is 23.4 Å². The number of nitrogens with two attached hydrogens (primary N) is 1. The molecule has 0 bridgehead atoms. The molecule has 0 saturated carbocycles. The molecule has 0 aliphatic carbocycles. The summed E-state index contributed by atoms with van der Waals surface area (Å²) in [6, 6.07) is 8.23. The van der Waals surface area contributed by atoms with Crippen LogP contribution in [-0.2, 0) is 4.79 Å². The maximum absolute atomic E-state index is 11.8. The molecule has 1 aromatic rings. The highest BCUT2D eigenvalue weighted by Crippen LogP contribution is 2.49. The van der Waals surface area contributed by atoms with E-state index in [4.69, 9.17) is 17.3 Å². The molecule has 2 aliphatic heterocycles. The van der Waals surface area contributed by atoms with E-state index in [9.17, 15) is 4.79 Å². The lowest BCUT2D eigenvalue weighted by molar-refractivity contribution is -0.114. The van der Waals surface area contributed by atoms with Crippen molar-refractivity contribution in [1.82, 2.24) is 10.2 Å². The van der Waals surface area contributed by atoms with Crippen LogP contribution < -0.4 is 11.1 Å². The quantitative estimate of drug-likeness (QED) is 0.890. The van der Waals surface area contributed by atoms with Gasteiger partial charge in [-0.25, -0.2) is 0 Å². The van der Waals surface area contributed by atoms with Crippen LogP contribution in [0.25, 0.3) is 0 Å². The maximum Gasteiger partial charge on any atom is 0.256 e. The van der Waals surface area contributed by atoms with Crippen LogP contribution in [0.2, 0.25) is 5.02 Å². The number of amides is 1. The molecule has 3 rings (SSSR count). The molecule has 2 atom stereocenters. The number of carbonyl (C=O) groups excluding carboxylic acids is 1. The third-order valence-corrected chi connectivity index (χ3v) is 5.95. The van der Waals surface area contributed by atoms with Gasteiger partial charge in [-0.05, 0) is 44.0 Å². The van der Waals surface area contributed by atoms with Gasteiger partial charge in [-0.15, -0.1) is 0 Å². The molecule has 118 valence electrons. The maximum atomic E-state index is 11.8. The molecule has 1 fully saturated rings. The number of hydrogen-bond donors (Lipinski definition) is 2. The second kappa shape index (κ2) is 6.52. The number of carbonyl (C=O) groups is 1. The van der Waals surface area contributed by atoms with E-state index in [0.29, 0.717) is 10.9 Å². The number of primary amides is 1. The molecule has 1 saturated heterocycles. The Bertz CT molecular complexity index is 596. The number of thioether (sulfide) groups is 1. The summed E-state index contributed by atoms with van der Waals surface area (Å²) in [6.07, 6.45) is 2.28. The van der Waals surface area contributed by atoms with Gasteiger partial charge in [-0.2, -0.15) is 0 Å². The predicted octanol–water partition coefficient (Wildman–Crippen LogP) is 2.86. The summed E-state index contributed by atoms with van der Waals surface area (Å²) >= 11 is 7.54. The zero-order valence-electron chi connectivity index (χ0n) is 12.5. The first-order chi connectivity index (χ1) is 10.6. The molecule has 3 N–H and O–H groups in total. The van der Waals surface area contributed by atoms with E-state index in [-0.39, 0.29) is 11.3 Å². The molecular formula is C16H20ClN3OS. The van der Waals surface area contributed by atoms with E-state index in [0.717, 1.165) is 42.2 Å². The number of rotatable bonds is 3. The first kappa shape index (κ1) is 15.7. The second-order valence-corrected chi connectivity index (χ2v) is 7.23. The first-order valence-electron chi connectivity index (χ1n) is 7.50. The van der Waals surface area contributed by atoms with E-state index in [2.05, 4.69) is 10.2 Å². The molecule has 6 heteroatoms. The fourth-order valence-electron chi connectivity index (χ4n) is 3.18. The molecule has 1 aromatic carbocycles. The predicted molar refractivity (Wildman–Crippen MR) is 91.4 cm³/mol. The van der Waals surface area contributed by atoms with Crippen LogP contribution in [0, 0.1) is 0 Å². The van der Waals surface area contributed by atoms with Gasteiger partial charge in [0.2, 0.25) is 0 Å². The van der Waals surface area contributed by atoms with Crippen LogP contribution in [0.3, 0.4) is 0 Å². The minimum atomic E-state index is -0.340. The van der Waals surface area contributed by atoms with Crippen LogP contribution in [0.4, 0.5) is 0 Å². The second-order valence-electron chi connectivity index (χ2n) is 5.71. The van der Waals surface area contributed by atoms with Crippen LogP contribution in [0.5, 0.6) is 0 Å². The minimum Gasteiger partial charge on any atom is -0.365 e. The van der Waals surface area contributed by atoms with Crippen molar-refractivity contribution in [3.63, 3.8) is 0 Å². The third-order valence-electron chi connectivity index (χ3n) is 4.24. The summed E-state index contributed by atoms with van der Waals surface area (Å²) in [5.74, 6) is -0.340. The highest BCUT2D eigenvalue weighted by Gasteiger charge is 2.38. The minimum absolute atomic E-state index is 0.0877. The van der Waals surface area contributed by atoms with Crippen molar-refractivity contribution in [1.29, 1.82) is 0 Å². The number of hydrogen-bond acceptors (Lipinski definition) is 4.